The van der Waals surface area contributed by atoms with Crippen LogP contribution in [0.4, 0.5) is 5.82 Å². The van der Waals surface area contributed by atoms with Gasteiger partial charge in [0.15, 0.2) is 0 Å². The van der Waals surface area contributed by atoms with Gasteiger partial charge in [-0.3, -0.25) is 9.19 Å². The van der Waals surface area contributed by atoms with Crippen LogP contribution in [0.3, 0.4) is 0 Å². The first-order chi connectivity index (χ1) is 8.94. The Morgan fingerprint density at radius 1 is 1.26 bits per heavy atom. The zero-order valence-corrected chi connectivity index (χ0v) is 12.7. The minimum Gasteiger partial charge on any atom is -0.354 e. The first-order valence-electron chi connectivity index (χ1n) is 6.60. The lowest BCUT2D eigenvalue weighted by Crippen LogP contribution is -2.38. The molecule has 1 aliphatic rings. The standard InChI is InChI=1S/C13H22N4OS/c1-13(2,3)16-9-11-8-15-12(10-14-11)17-4-6-19(18)7-5-17/h8,10,16H,4-7,9H2,1-3H3. The lowest BCUT2D eigenvalue weighted by atomic mass is 10.1. The second kappa shape index (κ2) is 5.96. The molecular weight excluding hydrogens is 260 g/mol. The van der Waals surface area contributed by atoms with Crippen LogP contribution in [0.25, 0.3) is 0 Å². The van der Waals surface area contributed by atoms with Gasteiger partial charge in [-0.05, 0) is 20.8 Å². The summed E-state index contributed by atoms with van der Waals surface area (Å²) in [6, 6.07) is 0. The normalized spacial score (nSPS) is 17.7. The fourth-order valence-electron chi connectivity index (χ4n) is 1.83. The summed E-state index contributed by atoms with van der Waals surface area (Å²) in [6.07, 6.45) is 3.63. The van der Waals surface area contributed by atoms with Crippen LogP contribution in [0.2, 0.25) is 0 Å². The molecule has 0 amide bonds. The van der Waals surface area contributed by atoms with E-state index in [0.29, 0.717) is 0 Å². The summed E-state index contributed by atoms with van der Waals surface area (Å²) in [5, 5.41) is 3.39. The summed E-state index contributed by atoms with van der Waals surface area (Å²) in [5.41, 5.74) is 1.02. The lowest BCUT2D eigenvalue weighted by Gasteiger charge is -2.27. The van der Waals surface area contributed by atoms with E-state index in [1.807, 2.05) is 12.4 Å². The average molecular weight is 282 g/mol. The number of nitrogens with one attached hydrogen (secondary N) is 1. The van der Waals surface area contributed by atoms with E-state index >= 15 is 0 Å². The minimum absolute atomic E-state index is 0.0806. The Morgan fingerprint density at radius 3 is 2.47 bits per heavy atom. The van der Waals surface area contributed by atoms with Gasteiger partial charge in [-0.2, -0.15) is 0 Å². The second-order valence-electron chi connectivity index (χ2n) is 5.80. The predicted octanol–water partition coefficient (Wildman–Crippen LogP) is 0.933. The van der Waals surface area contributed by atoms with Crippen molar-refractivity contribution in [2.24, 2.45) is 0 Å². The molecule has 1 N–H and O–H groups in total. The Bertz CT molecular complexity index is 431. The highest BCUT2D eigenvalue weighted by molar-refractivity contribution is 7.85. The van der Waals surface area contributed by atoms with Crippen molar-refractivity contribution >= 4 is 16.6 Å². The average Bonchev–Trinajstić information content (AvgIpc) is 2.37. The maximum atomic E-state index is 11.3. The third kappa shape index (κ3) is 4.54. The first kappa shape index (κ1) is 14.4. The van der Waals surface area contributed by atoms with Gasteiger partial charge in [0.05, 0.1) is 18.1 Å². The van der Waals surface area contributed by atoms with Crippen molar-refractivity contribution in [2.75, 3.05) is 29.5 Å². The van der Waals surface area contributed by atoms with Crippen LogP contribution >= 0.6 is 0 Å². The van der Waals surface area contributed by atoms with Crippen LogP contribution < -0.4 is 10.2 Å². The van der Waals surface area contributed by atoms with Crippen LogP contribution in [-0.4, -0.2) is 44.3 Å². The van der Waals surface area contributed by atoms with Crippen molar-refractivity contribution < 1.29 is 4.21 Å². The van der Waals surface area contributed by atoms with Crippen molar-refractivity contribution in [1.82, 2.24) is 15.3 Å². The van der Waals surface area contributed by atoms with E-state index in [4.69, 9.17) is 0 Å². The van der Waals surface area contributed by atoms with Crippen LogP contribution in [0.5, 0.6) is 0 Å². The van der Waals surface area contributed by atoms with E-state index in [1.54, 1.807) is 0 Å². The van der Waals surface area contributed by atoms with Crippen molar-refractivity contribution in [2.45, 2.75) is 32.9 Å². The maximum absolute atomic E-state index is 11.3. The molecular formula is C13H22N4OS. The molecule has 0 aromatic carbocycles. The molecule has 2 rings (SSSR count). The van der Waals surface area contributed by atoms with E-state index in [9.17, 15) is 4.21 Å². The highest BCUT2D eigenvalue weighted by Crippen LogP contribution is 2.12. The minimum atomic E-state index is -0.652. The van der Waals surface area contributed by atoms with Gasteiger partial charge >= 0.3 is 0 Å². The summed E-state index contributed by atoms with van der Waals surface area (Å²) in [6.45, 7) is 8.72. The first-order valence-corrected chi connectivity index (χ1v) is 8.09. The molecule has 5 nitrogen and oxygen atoms in total. The maximum Gasteiger partial charge on any atom is 0.147 e. The fourth-order valence-corrected chi connectivity index (χ4v) is 2.88. The quantitative estimate of drug-likeness (QED) is 0.894. The molecule has 0 atom stereocenters. The number of rotatable bonds is 3. The molecule has 1 aromatic heterocycles. The zero-order chi connectivity index (χ0) is 13.9. The number of aromatic nitrogens is 2. The lowest BCUT2D eigenvalue weighted by molar-refractivity contribution is 0.421. The van der Waals surface area contributed by atoms with E-state index in [1.165, 1.54) is 0 Å². The van der Waals surface area contributed by atoms with Gasteiger partial charge in [0.1, 0.15) is 5.82 Å². The van der Waals surface area contributed by atoms with Gasteiger partial charge in [0.2, 0.25) is 0 Å². The molecule has 1 aromatic rings. The van der Waals surface area contributed by atoms with Gasteiger partial charge in [-0.25, -0.2) is 4.98 Å². The molecule has 0 spiro atoms. The molecule has 0 aliphatic carbocycles. The number of hydrogen-bond donors (Lipinski definition) is 1. The van der Waals surface area contributed by atoms with Gasteiger partial charge < -0.3 is 10.2 Å². The predicted molar refractivity (Wildman–Crippen MR) is 78.7 cm³/mol. The van der Waals surface area contributed by atoms with E-state index in [0.717, 1.165) is 42.7 Å². The Labute approximate surface area is 117 Å². The summed E-state index contributed by atoms with van der Waals surface area (Å²) in [5.74, 6) is 2.35. The SMILES string of the molecule is CC(C)(C)NCc1cnc(N2CCS(=O)CC2)cn1. The van der Waals surface area contributed by atoms with Crippen LogP contribution in [0, 0.1) is 0 Å². The van der Waals surface area contributed by atoms with Crippen molar-refractivity contribution in [3.05, 3.63) is 18.1 Å². The van der Waals surface area contributed by atoms with Crippen molar-refractivity contribution in [1.29, 1.82) is 0 Å². The molecule has 1 saturated heterocycles. The molecule has 0 unspecified atom stereocenters. The number of anilines is 1. The van der Waals surface area contributed by atoms with Crippen molar-refractivity contribution in [3.8, 4) is 0 Å². The van der Waals surface area contributed by atoms with Gasteiger partial charge in [-0.15, -0.1) is 0 Å². The molecule has 0 radical (unpaired) electrons. The zero-order valence-electron chi connectivity index (χ0n) is 11.8. The Hall–Kier alpha value is -1.01. The van der Waals surface area contributed by atoms with Crippen LogP contribution in [0.1, 0.15) is 26.5 Å². The van der Waals surface area contributed by atoms with Gasteiger partial charge in [0.25, 0.3) is 0 Å². The summed E-state index contributed by atoms with van der Waals surface area (Å²) in [4.78, 5) is 11.0. The van der Waals surface area contributed by atoms with Crippen molar-refractivity contribution in [3.63, 3.8) is 0 Å². The van der Waals surface area contributed by atoms with Crippen LogP contribution in [0.15, 0.2) is 12.4 Å². The molecule has 6 heteroatoms. The topological polar surface area (TPSA) is 58.1 Å². The van der Waals surface area contributed by atoms with Crippen LogP contribution in [-0.2, 0) is 17.3 Å². The number of hydrogen-bond acceptors (Lipinski definition) is 5. The van der Waals surface area contributed by atoms with E-state index < -0.39 is 10.8 Å². The molecule has 19 heavy (non-hydrogen) atoms. The van der Waals surface area contributed by atoms with Gasteiger partial charge in [0, 0.05) is 47.5 Å². The van der Waals surface area contributed by atoms with E-state index in [-0.39, 0.29) is 5.54 Å². The summed E-state index contributed by atoms with van der Waals surface area (Å²) >= 11 is 0. The third-order valence-corrected chi connectivity index (χ3v) is 4.27. The summed E-state index contributed by atoms with van der Waals surface area (Å²) in [7, 11) is -0.652. The summed E-state index contributed by atoms with van der Waals surface area (Å²) < 4.78 is 11.3. The Balaban J connectivity index is 1.93. The fraction of sp³-hybridized carbons (Fsp3) is 0.692. The second-order valence-corrected chi connectivity index (χ2v) is 7.50. The molecule has 106 valence electrons. The largest absolute Gasteiger partial charge is 0.354 e. The number of nitrogens with zero attached hydrogens (tertiary/aromatic N) is 3. The molecule has 1 aliphatic heterocycles. The molecule has 2 heterocycles. The monoisotopic (exact) mass is 282 g/mol. The highest BCUT2D eigenvalue weighted by Gasteiger charge is 2.16. The molecule has 0 saturated carbocycles. The molecule has 0 bridgehead atoms. The highest BCUT2D eigenvalue weighted by atomic mass is 32.2. The van der Waals surface area contributed by atoms with E-state index in [2.05, 4.69) is 41.0 Å². The molecule has 1 fully saturated rings. The Morgan fingerprint density at radius 2 is 1.95 bits per heavy atom. The third-order valence-electron chi connectivity index (χ3n) is 2.99. The smallest absolute Gasteiger partial charge is 0.147 e. The van der Waals surface area contributed by atoms with Gasteiger partial charge in [-0.1, -0.05) is 0 Å². The Kier molecular flexibility index (Phi) is 4.52.